The summed E-state index contributed by atoms with van der Waals surface area (Å²) >= 11 is 17.2. The Morgan fingerprint density at radius 2 is 1.96 bits per heavy atom. The van der Waals surface area contributed by atoms with E-state index in [-0.39, 0.29) is 10.4 Å². The van der Waals surface area contributed by atoms with Crippen molar-refractivity contribution in [3.05, 3.63) is 58.3 Å². The van der Waals surface area contributed by atoms with E-state index in [1.165, 1.54) is 0 Å². The summed E-state index contributed by atoms with van der Waals surface area (Å²) in [6.07, 6.45) is 2.30. The van der Waals surface area contributed by atoms with Gasteiger partial charge in [-0.3, -0.25) is 0 Å². The fraction of sp³-hybridized carbons (Fsp3) is 0.368. The fourth-order valence-electron chi connectivity index (χ4n) is 2.22. The smallest absolute Gasteiger partial charge is 0.358 e. The molecule has 8 heteroatoms. The molecule has 1 aromatic carbocycles. The third kappa shape index (κ3) is 7.99. The highest BCUT2D eigenvalue weighted by Crippen LogP contribution is 2.29. The first kappa shape index (κ1) is 21.9. The number of rotatable bonds is 8. The zero-order valence-electron chi connectivity index (χ0n) is 15.0. The van der Waals surface area contributed by atoms with Gasteiger partial charge in [0, 0.05) is 24.0 Å². The van der Waals surface area contributed by atoms with Crippen molar-refractivity contribution in [1.29, 1.82) is 0 Å². The van der Waals surface area contributed by atoms with E-state index in [0.717, 1.165) is 0 Å². The summed E-state index contributed by atoms with van der Waals surface area (Å²) in [6.45, 7) is 3.50. The Morgan fingerprint density at radius 1 is 1.26 bits per heavy atom. The van der Waals surface area contributed by atoms with E-state index in [9.17, 15) is 5.11 Å². The molecule has 2 rings (SSSR count). The van der Waals surface area contributed by atoms with Crippen LogP contribution in [0.15, 0.2) is 42.6 Å². The van der Waals surface area contributed by atoms with Gasteiger partial charge >= 0.3 is 5.24 Å². The molecule has 146 valence electrons. The van der Waals surface area contributed by atoms with Gasteiger partial charge in [-0.25, -0.2) is 4.98 Å². The van der Waals surface area contributed by atoms with Gasteiger partial charge in [0.15, 0.2) is 5.79 Å². The highest BCUT2D eigenvalue weighted by Gasteiger charge is 2.19. The maximum Gasteiger partial charge on any atom is 0.358 e. The van der Waals surface area contributed by atoms with Crippen LogP contribution in [0.25, 0.3) is 0 Å². The van der Waals surface area contributed by atoms with E-state index in [4.69, 9.17) is 49.6 Å². The number of para-hydroxylation sites is 1. The summed E-state index contributed by atoms with van der Waals surface area (Å²) in [5.74, 6) is -0.605. The van der Waals surface area contributed by atoms with E-state index >= 15 is 0 Å². The van der Waals surface area contributed by atoms with Crippen LogP contribution in [-0.2, 0) is 9.47 Å². The quantitative estimate of drug-likeness (QED) is 0.264. The summed E-state index contributed by atoms with van der Waals surface area (Å²) in [6, 6.07) is 10.8. The lowest BCUT2D eigenvalue weighted by molar-refractivity contribution is -0.177. The van der Waals surface area contributed by atoms with E-state index in [1.54, 1.807) is 38.2 Å². The van der Waals surface area contributed by atoms with Crippen molar-refractivity contribution >= 4 is 40.7 Å². The first-order valence-electron chi connectivity index (χ1n) is 8.35. The van der Waals surface area contributed by atoms with Crippen molar-refractivity contribution in [2.45, 2.75) is 38.6 Å². The molecular formula is C19H21Cl2NO4S. The molecule has 0 radical (unpaired) electrons. The van der Waals surface area contributed by atoms with Crippen LogP contribution in [0.1, 0.15) is 38.4 Å². The van der Waals surface area contributed by atoms with Crippen molar-refractivity contribution in [3.63, 3.8) is 0 Å². The summed E-state index contributed by atoms with van der Waals surface area (Å²) in [5, 5.41) is 10.2. The van der Waals surface area contributed by atoms with Gasteiger partial charge in [0.05, 0.1) is 11.6 Å². The van der Waals surface area contributed by atoms with Crippen molar-refractivity contribution in [1.82, 2.24) is 4.98 Å². The molecule has 0 aliphatic heterocycles. The highest BCUT2D eigenvalue weighted by molar-refractivity contribution is 7.79. The lowest BCUT2D eigenvalue weighted by atomic mass is 10.1. The van der Waals surface area contributed by atoms with Crippen LogP contribution in [0.4, 0.5) is 0 Å². The molecule has 1 heterocycles. The predicted molar refractivity (Wildman–Crippen MR) is 109 cm³/mol. The van der Waals surface area contributed by atoms with Gasteiger partial charge in [-0.1, -0.05) is 41.4 Å². The molecule has 0 amide bonds. The van der Waals surface area contributed by atoms with E-state index in [2.05, 4.69) is 4.98 Å². The summed E-state index contributed by atoms with van der Waals surface area (Å²) < 4.78 is 16.7. The Bertz CT molecular complexity index is 753. The zero-order chi connectivity index (χ0) is 19.9. The summed E-state index contributed by atoms with van der Waals surface area (Å²) in [4.78, 5) is 4.06. The molecule has 5 nitrogen and oxygen atoms in total. The standard InChI is InChI=1S/C19H21Cl2NO4S/c1-19(2,23)24-10-6-9-16(13-11-15(20)17(21)22-12-13)26-18(27)25-14-7-4-3-5-8-14/h3-5,7-8,11-12,16,23H,6,9-10H2,1-2H3. The van der Waals surface area contributed by atoms with Crippen LogP contribution >= 0.6 is 35.4 Å². The molecule has 0 fully saturated rings. The second-order valence-corrected chi connectivity index (χ2v) is 7.35. The second kappa shape index (κ2) is 10.2. The van der Waals surface area contributed by atoms with E-state index in [1.807, 2.05) is 18.2 Å². The molecule has 0 saturated heterocycles. The number of halogens is 2. The number of ether oxygens (including phenoxy) is 3. The Morgan fingerprint density at radius 3 is 2.59 bits per heavy atom. The third-order valence-electron chi connectivity index (χ3n) is 3.44. The molecule has 1 atom stereocenters. The van der Waals surface area contributed by atoms with Crippen molar-refractivity contribution in [2.75, 3.05) is 6.61 Å². The van der Waals surface area contributed by atoms with Gasteiger partial charge in [0.25, 0.3) is 0 Å². The van der Waals surface area contributed by atoms with Gasteiger partial charge in [-0.15, -0.1) is 0 Å². The first-order valence-corrected chi connectivity index (χ1v) is 9.52. The molecule has 2 aromatic rings. The lowest BCUT2D eigenvalue weighted by Crippen LogP contribution is -2.24. The largest absolute Gasteiger partial charge is 0.448 e. The molecule has 0 bridgehead atoms. The summed E-state index contributed by atoms with van der Waals surface area (Å²) in [7, 11) is 0. The number of thiocarbonyl (C=S) groups is 1. The van der Waals surface area contributed by atoms with Gasteiger partial charge in [0.1, 0.15) is 17.0 Å². The normalized spacial score (nSPS) is 12.5. The monoisotopic (exact) mass is 429 g/mol. The maximum atomic E-state index is 9.64. The number of aromatic nitrogens is 1. The van der Waals surface area contributed by atoms with E-state index in [0.29, 0.717) is 35.8 Å². The zero-order valence-corrected chi connectivity index (χ0v) is 17.4. The third-order valence-corrected chi connectivity index (χ3v) is 4.30. The Kier molecular flexibility index (Phi) is 8.26. The predicted octanol–water partition coefficient (Wildman–Crippen LogP) is 5.34. The van der Waals surface area contributed by atoms with Crippen LogP contribution < -0.4 is 4.74 Å². The van der Waals surface area contributed by atoms with Crippen LogP contribution in [0.2, 0.25) is 10.2 Å². The minimum absolute atomic E-state index is 0.0133. The number of nitrogens with zero attached hydrogens (tertiary/aromatic N) is 1. The van der Waals surface area contributed by atoms with E-state index < -0.39 is 11.9 Å². The van der Waals surface area contributed by atoms with Gasteiger partial charge in [0.2, 0.25) is 0 Å². The minimum atomic E-state index is -1.19. The maximum absolute atomic E-state index is 9.64. The molecule has 0 aliphatic rings. The van der Waals surface area contributed by atoms with Gasteiger partial charge in [-0.2, -0.15) is 0 Å². The van der Waals surface area contributed by atoms with Gasteiger partial charge < -0.3 is 19.3 Å². The Labute approximate surface area is 174 Å². The van der Waals surface area contributed by atoms with Crippen molar-refractivity contribution < 1.29 is 19.3 Å². The molecule has 0 aliphatic carbocycles. The van der Waals surface area contributed by atoms with Crippen LogP contribution in [-0.4, -0.2) is 27.7 Å². The Balaban J connectivity index is 2.04. The van der Waals surface area contributed by atoms with Crippen molar-refractivity contribution in [3.8, 4) is 5.75 Å². The fourth-order valence-corrected chi connectivity index (χ4v) is 2.71. The number of hydrogen-bond donors (Lipinski definition) is 1. The minimum Gasteiger partial charge on any atom is -0.448 e. The molecule has 27 heavy (non-hydrogen) atoms. The summed E-state index contributed by atoms with van der Waals surface area (Å²) in [5.41, 5.74) is 0.715. The SMILES string of the molecule is CC(C)(O)OCCCC(OC(=S)Oc1ccccc1)c1cnc(Cl)c(Cl)c1. The topological polar surface area (TPSA) is 60.8 Å². The molecule has 1 unspecified atom stereocenters. The average molecular weight is 430 g/mol. The molecule has 0 spiro atoms. The average Bonchev–Trinajstić information content (AvgIpc) is 2.60. The van der Waals surface area contributed by atoms with Crippen molar-refractivity contribution in [2.24, 2.45) is 0 Å². The Hall–Kier alpha value is -1.44. The molecule has 1 aromatic heterocycles. The molecular weight excluding hydrogens is 409 g/mol. The highest BCUT2D eigenvalue weighted by atomic mass is 35.5. The van der Waals surface area contributed by atoms with Crippen LogP contribution in [0.3, 0.4) is 0 Å². The second-order valence-electron chi connectivity index (χ2n) is 6.25. The molecule has 1 N–H and O–H groups in total. The number of pyridine rings is 1. The number of aliphatic hydroxyl groups is 1. The van der Waals surface area contributed by atoms with Crippen LogP contribution in [0.5, 0.6) is 5.75 Å². The molecule has 0 saturated carbocycles. The lowest BCUT2D eigenvalue weighted by Gasteiger charge is -2.21. The first-order chi connectivity index (χ1) is 12.7. The van der Waals surface area contributed by atoms with Crippen LogP contribution in [0, 0.1) is 0 Å². The number of hydrogen-bond acceptors (Lipinski definition) is 6. The number of benzene rings is 1. The van der Waals surface area contributed by atoms with Gasteiger partial charge in [-0.05, 0) is 44.9 Å².